The Morgan fingerprint density at radius 2 is 2.11 bits per heavy atom. The van der Waals surface area contributed by atoms with Gasteiger partial charge in [-0.05, 0) is 23.6 Å². The van der Waals surface area contributed by atoms with Crippen molar-refractivity contribution >= 4 is 17.4 Å². The van der Waals surface area contributed by atoms with Gasteiger partial charge in [-0.1, -0.05) is 24.3 Å². The maximum absolute atomic E-state index is 12.6. The Hall–Kier alpha value is -3.04. The van der Waals surface area contributed by atoms with Gasteiger partial charge in [0.25, 0.3) is 5.91 Å². The molecule has 2 heterocycles. The van der Waals surface area contributed by atoms with E-state index in [0.717, 1.165) is 24.1 Å². The van der Waals surface area contributed by atoms with Crippen LogP contribution in [-0.4, -0.2) is 52.1 Å². The van der Waals surface area contributed by atoms with Gasteiger partial charge < -0.3 is 15.7 Å². The molecule has 1 amide bonds. The summed E-state index contributed by atoms with van der Waals surface area (Å²) in [4.78, 5) is 29.4. The van der Waals surface area contributed by atoms with Crippen LogP contribution in [0.15, 0.2) is 36.5 Å². The predicted molar refractivity (Wildman–Crippen MR) is 104 cm³/mol. The minimum Gasteiger partial charge on any atom is -0.392 e. The van der Waals surface area contributed by atoms with Crippen LogP contribution < -0.4 is 10.6 Å². The number of nitrogens with zero attached hydrogens (tertiary/aromatic N) is 3. The van der Waals surface area contributed by atoms with E-state index in [9.17, 15) is 20.0 Å². The number of aliphatic hydroxyl groups excluding tert-OH is 1. The quantitative estimate of drug-likeness (QED) is 0.488. The molecule has 1 aliphatic rings. The number of β-amino-alcohol motifs (C(OH)–C–C–N with tert-alkyl or cyclic N) is 1. The molecule has 9 nitrogen and oxygen atoms in total. The second-order valence-electron chi connectivity index (χ2n) is 6.69. The fraction of sp³-hybridized carbons (Fsp3) is 0.368. The van der Waals surface area contributed by atoms with Gasteiger partial charge in [0, 0.05) is 39.4 Å². The average Bonchev–Trinajstić information content (AvgIpc) is 3.10. The molecular formula is C19H23N5O4. The number of pyridine rings is 1. The molecule has 1 fully saturated rings. The lowest BCUT2D eigenvalue weighted by atomic mass is 10.1. The first-order chi connectivity index (χ1) is 13.5. The Morgan fingerprint density at radius 3 is 2.75 bits per heavy atom. The van der Waals surface area contributed by atoms with E-state index in [1.54, 1.807) is 0 Å². The van der Waals surface area contributed by atoms with Crippen molar-refractivity contribution < 1.29 is 14.8 Å². The van der Waals surface area contributed by atoms with Gasteiger partial charge in [0.15, 0.2) is 0 Å². The Balaban J connectivity index is 1.73. The Labute approximate surface area is 162 Å². The van der Waals surface area contributed by atoms with E-state index in [4.69, 9.17) is 0 Å². The zero-order valence-electron chi connectivity index (χ0n) is 15.6. The molecule has 2 aromatic rings. The van der Waals surface area contributed by atoms with Gasteiger partial charge in [0.1, 0.15) is 5.56 Å². The molecule has 148 valence electrons. The van der Waals surface area contributed by atoms with Crippen molar-refractivity contribution in [1.82, 2.24) is 15.2 Å². The highest BCUT2D eigenvalue weighted by Gasteiger charge is 2.25. The number of carbonyl (C=O) groups is 1. The van der Waals surface area contributed by atoms with Crippen molar-refractivity contribution in [2.24, 2.45) is 0 Å². The maximum atomic E-state index is 12.6. The van der Waals surface area contributed by atoms with Gasteiger partial charge in [0.2, 0.25) is 5.82 Å². The SMILES string of the molecule is CNc1nccc(C(=O)NCc2ccccc2CN2CCC(O)C2)c1[N+](=O)[O-]. The molecule has 0 spiro atoms. The van der Waals surface area contributed by atoms with E-state index in [2.05, 4.69) is 20.5 Å². The summed E-state index contributed by atoms with van der Waals surface area (Å²) in [7, 11) is 1.52. The molecule has 1 atom stereocenters. The summed E-state index contributed by atoms with van der Waals surface area (Å²) in [6, 6.07) is 9.06. The third-order valence-electron chi connectivity index (χ3n) is 4.79. The molecule has 0 bridgehead atoms. The van der Waals surface area contributed by atoms with Crippen LogP contribution in [-0.2, 0) is 13.1 Å². The minimum atomic E-state index is -0.611. The third kappa shape index (κ3) is 4.44. The van der Waals surface area contributed by atoms with Crippen LogP contribution in [0.3, 0.4) is 0 Å². The molecular weight excluding hydrogens is 362 g/mol. The van der Waals surface area contributed by atoms with Crippen molar-refractivity contribution in [2.75, 3.05) is 25.5 Å². The summed E-state index contributed by atoms with van der Waals surface area (Å²) in [6.45, 7) is 2.40. The Kier molecular flexibility index (Phi) is 6.17. The predicted octanol–water partition coefficient (Wildman–Crippen LogP) is 1.53. The third-order valence-corrected chi connectivity index (χ3v) is 4.79. The zero-order chi connectivity index (χ0) is 20.1. The molecule has 1 aromatic heterocycles. The number of nitrogens with one attached hydrogen (secondary N) is 2. The van der Waals surface area contributed by atoms with Crippen LogP contribution >= 0.6 is 0 Å². The van der Waals surface area contributed by atoms with Crippen molar-refractivity contribution in [3.8, 4) is 0 Å². The zero-order valence-corrected chi connectivity index (χ0v) is 15.6. The first-order valence-electron chi connectivity index (χ1n) is 9.06. The van der Waals surface area contributed by atoms with E-state index < -0.39 is 10.8 Å². The summed E-state index contributed by atoms with van der Waals surface area (Å²) >= 11 is 0. The van der Waals surface area contributed by atoms with Gasteiger partial charge >= 0.3 is 5.69 Å². The lowest BCUT2D eigenvalue weighted by Gasteiger charge is -2.18. The lowest BCUT2D eigenvalue weighted by Crippen LogP contribution is -2.26. The molecule has 9 heteroatoms. The van der Waals surface area contributed by atoms with E-state index >= 15 is 0 Å². The smallest absolute Gasteiger partial charge is 0.324 e. The number of aromatic nitrogens is 1. The molecule has 0 aliphatic carbocycles. The van der Waals surface area contributed by atoms with Crippen molar-refractivity contribution in [1.29, 1.82) is 0 Å². The molecule has 1 aliphatic heterocycles. The van der Waals surface area contributed by atoms with Crippen molar-refractivity contribution in [2.45, 2.75) is 25.6 Å². The van der Waals surface area contributed by atoms with Crippen LogP contribution in [0.2, 0.25) is 0 Å². The van der Waals surface area contributed by atoms with E-state index in [1.807, 2.05) is 24.3 Å². The molecule has 3 rings (SSSR count). The molecule has 1 unspecified atom stereocenters. The topological polar surface area (TPSA) is 121 Å². The molecule has 1 saturated heterocycles. The fourth-order valence-corrected chi connectivity index (χ4v) is 3.36. The van der Waals surface area contributed by atoms with Crippen LogP contribution in [0.25, 0.3) is 0 Å². The number of amides is 1. The highest BCUT2D eigenvalue weighted by Crippen LogP contribution is 2.26. The maximum Gasteiger partial charge on any atom is 0.324 e. The second kappa shape index (κ2) is 8.77. The second-order valence-corrected chi connectivity index (χ2v) is 6.69. The van der Waals surface area contributed by atoms with Gasteiger partial charge in [-0.15, -0.1) is 0 Å². The number of benzene rings is 1. The minimum absolute atomic E-state index is 0.0375. The summed E-state index contributed by atoms with van der Waals surface area (Å²) in [5.41, 5.74) is 1.60. The first kappa shape index (κ1) is 19.7. The van der Waals surface area contributed by atoms with Gasteiger partial charge in [-0.2, -0.15) is 0 Å². The molecule has 0 saturated carbocycles. The number of nitro groups is 1. The largest absolute Gasteiger partial charge is 0.392 e. The molecule has 1 aromatic carbocycles. The van der Waals surface area contributed by atoms with E-state index in [-0.39, 0.29) is 29.7 Å². The fourth-order valence-electron chi connectivity index (χ4n) is 3.36. The van der Waals surface area contributed by atoms with E-state index in [0.29, 0.717) is 13.1 Å². The summed E-state index contributed by atoms with van der Waals surface area (Å²) in [5.74, 6) is -0.484. The number of aliphatic hydroxyl groups is 1. The number of hydrogen-bond donors (Lipinski definition) is 3. The molecule has 3 N–H and O–H groups in total. The standard InChI is InChI=1S/C19H23N5O4/c1-20-18-17(24(27)28)16(6-8-21-18)19(26)22-10-13-4-2-3-5-14(13)11-23-9-7-15(25)12-23/h2-6,8,15,25H,7,9-12H2,1H3,(H,20,21)(H,22,26). The highest BCUT2D eigenvalue weighted by atomic mass is 16.6. The average molecular weight is 385 g/mol. The van der Waals surface area contributed by atoms with Crippen molar-refractivity contribution in [3.63, 3.8) is 0 Å². The van der Waals surface area contributed by atoms with Crippen LogP contribution in [0, 0.1) is 10.1 Å². The number of rotatable bonds is 7. The summed E-state index contributed by atoms with van der Waals surface area (Å²) in [6.07, 6.45) is 1.83. The number of carbonyl (C=O) groups excluding carboxylic acids is 1. The summed E-state index contributed by atoms with van der Waals surface area (Å²) in [5, 5.41) is 26.5. The van der Waals surface area contributed by atoms with Gasteiger partial charge in [-0.3, -0.25) is 19.8 Å². The van der Waals surface area contributed by atoms with Crippen LogP contribution in [0.1, 0.15) is 27.9 Å². The molecule has 0 radical (unpaired) electrons. The van der Waals surface area contributed by atoms with Gasteiger partial charge in [-0.25, -0.2) is 4.98 Å². The van der Waals surface area contributed by atoms with Crippen LogP contribution in [0.4, 0.5) is 11.5 Å². The van der Waals surface area contributed by atoms with E-state index in [1.165, 1.54) is 19.3 Å². The molecule has 28 heavy (non-hydrogen) atoms. The van der Waals surface area contributed by atoms with Crippen LogP contribution in [0.5, 0.6) is 0 Å². The summed E-state index contributed by atoms with van der Waals surface area (Å²) < 4.78 is 0. The van der Waals surface area contributed by atoms with Gasteiger partial charge in [0.05, 0.1) is 11.0 Å². The monoisotopic (exact) mass is 385 g/mol. The Bertz CT molecular complexity index is 873. The lowest BCUT2D eigenvalue weighted by molar-refractivity contribution is -0.384. The number of likely N-dealkylation sites (tertiary alicyclic amines) is 1. The highest BCUT2D eigenvalue weighted by molar-refractivity contribution is 5.99. The number of anilines is 1. The Morgan fingerprint density at radius 1 is 1.36 bits per heavy atom. The first-order valence-corrected chi connectivity index (χ1v) is 9.06. The van der Waals surface area contributed by atoms with Crippen molar-refractivity contribution in [3.05, 3.63) is 63.3 Å². The normalized spacial score (nSPS) is 16.7. The number of hydrogen-bond acceptors (Lipinski definition) is 7.